The van der Waals surface area contributed by atoms with Crippen molar-refractivity contribution < 1.29 is 9.90 Å². The molecule has 2 aliphatic rings. The highest BCUT2D eigenvalue weighted by Crippen LogP contribution is 2.38. The number of rotatable bonds is 6. The number of likely N-dealkylation sites (tertiary alicyclic amines) is 1. The van der Waals surface area contributed by atoms with Crippen molar-refractivity contribution in [3.63, 3.8) is 0 Å². The van der Waals surface area contributed by atoms with Gasteiger partial charge >= 0.3 is 0 Å². The number of nitrogens with zero attached hydrogens (tertiary/aromatic N) is 4. The van der Waals surface area contributed by atoms with E-state index in [2.05, 4.69) is 10.3 Å². The van der Waals surface area contributed by atoms with Gasteiger partial charge < -0.3 is 10.0 Å². The Morgan fingerprint density at radius 2 is 2.04 bits per heavy atom. The van der Waals surface area contributed by atoms with Gasteiger partial charge in [-0.1, -0.05) is 35.5 Å². The largest absolute Gasteiger partial charge is 0.388 e. The first-order valence-corrected chi connectivity index (χ1v) is 9.13. The standard InChI is InChI=1S/C19H24N4O2/c24-18(15-5-2-1-3-6-15)11-16-7-4-10-23(16)19(25)13-22-12-17(20-21-22)14-8-9-14/h1-3,5-6,12,14,16,18,24H,4,7-11,13H2. The van der Waals surface area contributed by atoms with E-state index in [-0.39, 0.29) is 18.5 Å². The molecular weight excluding hydrogens is 316 g/mol. The summed E-state index contributed by atoms with van der Waals surface area (Å²) in [5.41, 5.74) is 1.91. The molecule has 2 unspecified atom stereocenters. The van der Waals surface area contributed by atoms with Crippen molar-refractivity contribution in [3.8, 4) is 0 Å². The molecule has 2 atom stereocenters. The van der Waals surface area contributed by atoms with Crippen LogP contribution in [-0.2, 0) is 11.3 Å². The highest BCUT2D eigenvalue weighted by atomic mass is 16.3. The molecule has 4 rings (SSSR count). The highest BCUT2D eigenvalue weighted by Gasteiger charge is 2.31. The summed E-state index contributed by atoms with van der Waals surface area (Å²) in [6.45, 7) is 0.993. The van der Waals surface area contributed by atoms with Crippen LogP contribution < -0.4 is 0 Å². The summed E-state index contributed by atoms with van der Waals surface area (Å²) in [5.74, 6) is 0.611. The van der Waals surface area contributed by atoms with Gasteiger partial charge in [0.1, 0.15) is 6.54 Å². The first kappa shape index (κ1) is 16.3. The van der Waals surface area contributed by atoms with Crippen LogP contribution in [0.3, 0.4) is 0 Å². The predicted molar refractivity (Wildman–Crippen MR) is 92.8 cm³/mol. The Hall–Kier alpha value is -2.21. The molecule has 0 spiro atoms. The van der Waals surface area contributed by atoms with Gasteiger partial charge in [0.05, 0.1) is 11.8 Å². The van der Waals surface area contributed by atoms with Gasteiger partial charge in [-0.05, 0) is 37.7 Å². The van der Waals surface area contributed by atoms with Crippen molar-refractivity contribution in [1.82, 2.24) is 19.9 Å². The van der Waals surface area contributed by atoms with E-state index in [1.807, 2.05) is 41.4 Å². The number of carbonyl (C=O) groups excluding carboxylic acids is 1. The molecule has 6 nitrogen and oxygen atoms in total. The van der Waals surface area contributed by atoms with E-state index in [1.54, 1.807) is 4.68 Å². The third-order valence-corrected chi connectivity index (χ3v) is 5.23. The molecule has 132 valence electrons. The van der Waals surface area contributed by atoms with Crippen LogP contribution in [0.5, 0.6) is 0 Å². The van der Waals surface area contributed by atoms with E-state index in [0.717, 1.165) is 30.6 Å². The lowest BCUT2D eigenvalue weighted by Crippen LogP contribution is -2.38. The maximum Gasteiger partial charge on any atom is 0.244 e. The van der Waals surface area contributed by atoms with Crippen molar-refractivity contribution in [2.24, 2.45) is 0 Å². The minimum atomic E-state index is -0.535. The lowest BCUT2D eigenvalue weighted by Gasteiger charge is -2.26. The fraction of sp³-hybridized carbons (Fsp3) is 0.526. The number of carbonyl (C=O) groups is 1. The van der Waals surface area contributed by atoms with Gasteiger partial charge in [-0.2, -0.15) is 0 Å². The van der Waals surface area contributed by atoms with Crippen molar-refractivity contribution in [3.05, 3.63) is 47.8 Å². The van der Waals surface area contributed by atoms with Crippen molar-refractivity contribution in [2.75, 3.05) is 6.54 Å². The van der Waals surface area contributed by atoms with Crippen molar-refractivity contribution >= 4 is 5.91 Å². The fourth-order valence-electron chi connectivity index (χ4n) is 3.66. The lowest BCUT2D eigenvalue weighted by atomic mass is 10.0. The Morgan fingerprint density at radius 1 is 1.24 bits per heavy atom. The average Bonchev–Trinajstić information content (AvgIpc) is 3.20. The number of hydrogen-bond acceptors (Lipinski definition) is 4. The first-order valence-electron chi connectivity index (χ1n) is 9.13. The Labute approximate surface area is 147 Å². The van der Waals surface area contributed by atoms with Gasteiger partial charge in [0.2, 0.25) is 5.91 Å². The van der Waals surface area contributed by atoms with Crippen LogP contribution in [0.25, 0.3) is 0 Å². The minimum absolute atomic E-state index is 0.0648. The zero-order valence-corrected chi connectivity index (χ0v) is 14.3. The first-order chi connectivity index (χ1) is 12.2. The molecule has 1 aliphatic carbocycles. The fourth-order valence-corrected chi connectivity index (χ4v) is 3.66. The summed E-state index contributed by atoms with van der Waals surface area (Å²) in [6, 6.07) is 9.75. The summed E-state index contributed by atoms with van der Waals surface area (Å²) in [7, 11) is 0. The second-order valence-electron chi connectivity index (χ2n) is 7.16. The molecule has 2 aromatic rings. The van der Waals surface area contributed by atoms with Gasteiger partial charge in [0.25, 0.3) is 0 Å². The zero-order valence-electron chi connectivity index (χ0n) is 14.3. The van der Waals surface area contributed by atoms with Crippen LogP contribution in [0.1, 0.15) is 55.4 Å². The Morgan fingerprint density at radius 3 is 2.80 bits per heavy atom. The molecule has 1 N–H and O–H groups in total. The smallest absolute Gasteiger partial charge is 0.244 e. The predicted octanol–water partition coefficient (Wildman–Crippen LogP) is 2.27. The second-order valence-corrected chi connectivity index (χ2v) is 7.16. The number of aliphatic hydroxyl groups is 1. The number of hydrogen-bond donors (Lipinski definition) is 1. The van der Waals surface area contributed by atoms with Gasteiger partial charge in [0.15, 0.2) is 0 Å². The van der Waals surface area contributed by atoms with Gasteiger partial charge in [-0.3, -0.25) is 4.79 Å². The monoisotopic (exact) mass is 340 g/mol. The maximum absolute atomic E-state index is 12.7. The summed E-state index contributed by atoms with van der Waals surface area (Å²) in [6.07, 6.45) is 6.24. The molecule has 0 bridgehead atoms. The molecule has 1 saturated carbocycles. The number of amides is 1. The molecule has 1 amide bonds. The molecule has 1 aliphatic heterocycles. The van der Waals surface area contributed by atoms with Gasteiger partial charge in [0, 0.05) is 24.7 Å². The zero-order chi connectivity index (χ0) is 17.2. The Balaban J connectivity index is 1.37. The van der Waals surface area contributed by atoms with Crippen LogP contribution in [0.2, 0.25) is 0 Å². The topological polar surface area (TPSA) is 71.2 Å². The van der Waals surface area contributed by atoms with Crippen LogP contribution in [0, 0.1) is 0 Å². The van der Waals surface area contributed by atoms with Crippen molar-refractivity contribution in [2.45, 2.75) is 56.7 Å². The third-order valence-electron chi connectivity index (χ3n) is 5.23. The summed E-state index contributed by atoms with van der Waals surface area (Å²) in [5, 5.41) is 18.7. The Bertz CT molecular complexity index is 726. The molecule has 25 heavy (non-hydrogen) atoms. The average molecular weight is 340 g/mol. The van der Waals surface area contributed by atoms with E-state index in [0.29, 0.717) is 12.3 Å². The minimum Gasteiger partial charge on any atom is -0.388 e. The van der Waals surface area contributed by atoms with Crippen LogP contribution in [0.15, 0.2) is 36.5 Å². The molecule has 1 aromatic heterocycles. The lowest BCUT2D eigenvalue weighted by molar-refractivity contribution is -0.133. The van der Waals surface area contributed by atoms with Crippen LogP contribution >= 0.6 is 0 Å². The van der Waals surface area contributed by atoms with E-state index in [1.165, 1.54) is 12.8 Å². The van der Waals surface area contributed by atoms with E-state index < -0.39 is 6.10 Å². The van der Waals surface area contributed by atoms with Crippen LogP contribution in [-0.4, -0.2) is 43.5 Å². The Kier molecular flexibility index (Phi) is 4.53. The summed E-state index contributed by atoms with van der Waals surface area (Å²) in [4.78, 5) is 14.6. The quantitative estimate of drug-likeness (QED) is 0.876. The summed E-state index contributed by atoms with van der Waals surface area (Å²) < 4.78 is 1.65. The molecular formula is C19H24N4O2. The van der Waals surface area contributed by atoms with Crippen molar-refractivity contribution in [1.29, 1.82) is 0 Å². The van der Waals surface area contributed by atoms with E-state index >= 15 is 0 Å². The number of benzene rings is 1. The molecule has 2 heterocycles. The van der Waals surface area contributed by atoms with E-state index in [9.17, 15) is 9.90 Å². The summed E-state index contributed by atoms with van der Waals surface area (Å²) >= 11 is 0. The highest BCUT2D eigenvalue weighted by molar-refractivity contribution is 5.76. The second kappa shape index (κ2) is 6.96. The normalized spacial score (nSPS) is 21.5. The molecule has 0 radical (unpaired) electrons. The molecule has 1 saturated heterocycles. The van der Waals surface area contributed by atoms with Gasteiger partial charge in [-0.25, -0.2) is 4.68 Å². The van der Waals surface area contributed by atoms with Gasteiger partial charge in [-0.15, -0.1) is 5.10 Å². The van der Waals surface area contributed by atoms with E-state index in [4.69, 9.17) is 0 Å². The third kappa shape index (κ3) is 3.74. The van der Waals surface area contributed by atoms with Crippen LogP contribution in [0.4, 0.5) is 0 Å². The maximum atomic E-state index is 12.7. The molecule has 1 aromatic carbocycles. The molecule has 2 fully saturated rings. The SMILES string of the molecule is O=C(Cn1cc(C2CC2)nn1)N1CCCC1CC(O)c1ccccc1. The molecule has 6 heteroatoms. The number of aromatic nitrogens is 3. The number of aliphatic hydroxyl groups excluding tert-OH is 1.